The van der Waals surface area contributed by atoms with Crippen LogP contribution in [0.3, 0.4) is 0 Å². The third-order valence-electron chi connectivity index (χ3n) is 3.06. The maximum absolute atomic E-state index is 5.86. The summed E-state index contributed by atoms with van der Waals surface area (Å²) in [4.78, 5) is 2.71. The third kappa shape index (κ3) is 4.60. The molecule has 0 radical (unpaired) electrons. The van der Waals surface area contributed by atoms with Gasteiger partial charge in [0.15, 0.2) is 0 Å². The van der Waals surface area contributed by atoms with Gasteiger partial charge in [0.2, 0.25) is 0 Å². The summed E-state index contributed by atoms with van der Waals surface area (Å²) in [5, 5.41) is 4.11. The summed E-state index contributed by atoms with van der Waals surface area (Å²) >= 11 is 7.70. The van der Waals surface area contributed by atoms with Crippen molar-refractivity contribution in [3.63, 3.8) is 0 Å². The number of rotatable bonds is 7. The zero-order chi connectivity index (χ0) is 14.4. The minimum atomic E-state index is 0.620. The van der Waals surface area contributed by atoms with Crippen molar-refractivity contribution in [3.8, 4) is 0 Å². The first-order chi connectivity index (χ1) is 9.69. The summed E-state index contributed by atoms with van der Waals surface area (Å²) in [7, 11) is 0. The molecule has 0 saturated heterocycles. The van der Waals surface area contributed by atoms with Gasteiger partial charge in [0.05, 0.1) is 13.2 Å². The van der Waals surface area contributed by atoms with E-state index in [-0.39, 0.29) is 0 Å². The zero-order valence-electron chi connectivity index (χ0n) is 11.9. The number of halogens is 1. The van der Waals surface area contributed by atoms with Gasteiger partial charge in [-0.1, -0.05) is 30.7 Å². The fourth-order valence-electron chi connectivity index (χ4n) is 1.93. The summed E-state index contributed by atoms with van der Waals surface area (Å²) in [5.74, 6) is 0. The van der Waals surface area contributed by atoms with E-state index in [4.69, 9.17) is 16.3 Å². The molecule has 2 aromatic rings. The molecule has 1 aromatic carbocycles. The molecule has 0 aliphatic rings. The van der Waals surface area contributed by atoms with Crippen LogP contribution in [0.2, 0.25) is 5.02 Å². The van der Waals surface area contributed by atoms with Crippen molar-refractivity contribution < 1.29 is 4.74 Å². The first-order valence-corrected chi connectivity index (χ1v) is 7.99. The van der Waals surface area contributed by atoms with Crippen LogP contribution in [0, 0.1) is 6.92 Å². The van der Waals surface area contributed by atoms with E-state index in [9.17, 15) is 0 Å². The summed E-state index contributed by atoms with van der Waals surface area (Å²) in [6, 6.07) is 10.0. The molecule has 0 unspecified atom stereocenters. The van der Waals surface area contributed by atoms with Gasteiger partial charge in [-0.25, -0.2) is 0 Å². The van der Waals surface area contributed by atoms with Crippen LogP contribution in [0.15, 0.2) is 30.3 Å². The number of nitrogens with one attached hydrogen (secondary N) is 1. The lowest BCUT2D eigenvalue weighted by molar-refractivity contribution is 0.107. The molecule has 0 fully saturated rings. The normalized spacial score (nSPS) is 10.9. The van der Waals surface area contributed by atoms with Crippen LogP contribution in [-0.4, -0.2) is 6.54 Å². The largest absolute Gasteiger partial charge is 0.372 e. The molecule has 4 heteroatoms. The summed E-state index contributed by atoms with van der Waals surface area (Å²) < 4.78 is 5.79. The molecule has 108 valence electrons. The summed E-state index contributed by atoms with van der Waals surface area (Å²) in [5.41, 5.74) is 2.44. The highest BCUT2D eigenvalue weighted by Crippen LogP contribution is 2.22. The van der Waals surface area contributed by atoms with E-state index in [0.29, 0.717) is 13.2 Å². The quantitative estimate of drug-likeness (QED) is 0.811. The van der Waals surface area contributed by atoms with Crippen LogP contribution in [0.5, 0.6) is 0 Å². The van der Waals surface area contributed by atoms with Crippen LogP contribution < -0.4 is 5.32 Å². The average molecular weight is 310 g/mol. The van der Waals surface area contributed by atoms with Gasteiger partial charge in [-0.15, -0.1) is 11.3 Å². The van der Waals surface area contributed by atoms with Gasteiger partial charge in [-0.05, 0) is 42.8 Å². The minimum Gasteiger partial charge on any atom is -0.372 e. The molecule has 0 saturated carbocycles. The van der Waals surface area contributed by atoms with E-state index in [2.05, 4.69) is 25.2 Å². The Bertz CT molecular complexity index is 536. The van der Waals surface area contributed by atoms with Crippen LogP contribution >= 0.6 is 22.9 Å². The lowest BCUT2D eigenvalue weighted by atomic mass is 10.2. The number of hydrogen-bond donors (Lipinski definition) is 1. The SMILES string of the molecule is CCNCc1cc(COCc2ccc(Cl)cc2)c(C)s1. The molecule has 0 spiro atoms. The molecular formula is C16H20ClNOS. The van der Waals surface area contributed by atoms with Crippen molar-refractivity contribution in [1.82, 2.24) is 5.32 Å². The van der Waals surface area contributed by atoms with Gasteiger partial charge in [0.25, 0.3) is 0 Å². The lowest BCUT2D eigenvalue weighted by Crippen LogP contribution is -2.10. The number of benzene rings is 1. The molecule has 0 bridgehead atoms. The number of thiophene rings is 1. The second-order valence-electron chi connectivity index (χ2n) is 4.69. The van der Waals surface area contributed by atoms with E-state index in [1.54, 1.807) is 0 Å². The van der Waals surface area contributed by atoms with E-state index in [1.165, 1.54) is 15.3 Å². The Morgan fingerprint density at radius 3 is 2.65 bits per heavy atom. The molecule has 1 aromatic heterocycles. The molecule has 1 heterocycles. The molecule has 0 aliphatic heterocycles. The van der Waals surface area contributed by atoms with Gasteiger partial charge < -0.3 is 10.1 Å². The van der Waals surface area contributed by atoms with E-state index < -0.39 is 0 Å². The Hall–Kier alpha value is -0.870. The Labute approximate surface area is 129 Å². The van der Waals surface area contributed by atoms with Crippen molar-refractivity contribution in [1.29, 1.82) is 0 Å². The predicted molar refractivity (Wildman–Crippen MR) is 86.4 cm³/mol. The van der Waals surface area contributed by atoms with Gasteiger partial charge >= 0.3 is 0 Å². The molecule has 2 nitrogen and oxygen atoms in total. The molecule has 0 aliphatic carbocycles. The lowest BCUT2D eigenvalue weighted by Gasteiger charge is -2.04. The van der Waals surface area contributed by atoms with Gasteiger partial charge in [-0.2, -0.15) is 0 Å². The minimum absolute atomic E-state index is 0.620. The smallest absolute Gasteiger partial charge is 0.0732 e. The maximum Gasteiger partial charge on any atom is 0.0732 e. The molecule has 0 amide bonds. The standard InChI is InChI=1S/C16H20ClNOS/c1-3-18-9-16-8-14(12(2)20-16)11-19-10-13-4-6-15(17)7-5-13/h4-8,18H,3,9-11H2,1-2H3. The fraction of sp³-hybridized carbons (Fsp3) is 0.375. The second-order valence-corrected chi connectivity index (χ2v) is 6.47. The predicted octanol–water partition coefficient (Wildman–Crippen LogP) is 4.54. The third-order valence-corrected chi connectivity index (χ3v) is 4.41. The maximum atomic E-state index is 5.86. The summed E-state index contributed by atoms with van der Waals surface area (Å²) in [6.07, 6.45) is 0. The number of hydrogen-bond acceptors (Lipinski definition) is 3. The van der Waals surface area contributed by atoms with Crippen molar-refractivity contribution >= 4 is 22.9 Å². The van der Waals surface area contributed by atoms with Crippen LogP contribution in [-0.2, 0) is 24.5 Å². The molecule has 0 atom stereocenters. The molecule has 1 N–H and O–H groups in total. The van der Waals surface area contributed by atoms with E-state index in [1.807, 2.05) is 35.6 Å². The average Bonchev–Trinajstić information content (AvgIpc) is 2.79. The van der Waals surface area contributed by atoms with Crippen molar-refractivity contribution in [2.75, 3.05) is 6.54 Å². The first kappa shape index (κ1) is 15.5. The van der Waals surface area contributed by atoms with Crippen molar-refractivity contribution in [3.05, 3.63) is 56.2 Å². The zero-order valence-corrected chi connectivity index (χ0v) is 13.5. The highest BCUT2D eigenvalue weighted by molar-refractivity contribution is 7.12. The van der Waals surface area contributed by atoms with E-state index in [0.717, 1.165) is 23.7 Å². The van der Waals surface area contributed by atoms with Gasteiger partial charge in [-0.3, -0.25) is 0 Å². The molecule has 20 heavy (non-hydrogen) atoms. The Morgan fingerprint density at radius 1 is 1.20 bits per heavy atom. The fourth-order valence-corrected chi connectivity index (χ4v) is 3.07. The van der Waals surface area contributed by atoms with Crippen LogP contribution in [0.1, 0.15) is 27.8 Å². The summed E-state index contributed by atoms with van der Waals surface area (Å²) in [6.45, 7) is 7.50. The van der Waals surface area contributed by atoms with Crippen LogP contribution in [0.25, 0.3) is 0 Å². The van der Waals surface area contributed by atoms with Gasteiger partial charge in [0, 0.05) is 21.3 Å². The van der Waals surface area contributed by atoms with E-state index >= 15 is 0 Å². The van der Waals surface area contributed by atoms with Gasteiger partial charge in [0.1, 0.15) is 0 Å². The Balaban J connectivity index is 1.84. The highest BCUT2D eigenvalue weighted by atomic mass is 35.5. The van der Waals surface area contributed by atoms with Crippen LogP contribution in [0.4, 0.5) is 0 Å². The highest BCUT2D eigenvalue weighted by Gasteiger charge is 2.05. The number of ether oxygens (including phenoxy) is 1. The first-order valence-electron chi connectivity index (χ1n) is 6.80. The van der Waals surface area contributed by atoms with Crippen molar-refractivity contribution in [2.24, 2.45) is 0 Å². The molecule has 2 rings (SSSR count). The topological polar surface area (TPSA) is 21.3 Å². The Morgan fingerprint density at radius 2 is 1.95 bits per heavy atom. The Kier molecular flexibility index (Phi) is 6.05. The molecular weight excluding hydrogens is 290 g/mol. The monoisotopic (exact) mass is 309 g/mol. The number of aryl methyl sites for hydroxylation is 1. The van der Waals surface area contributed by atoms with Crippen molar-refractivity contribution in [2.45, 2.75) is 33.6 Å². The second kappa shape index (κ2) is 7.79.